The number of anilines is 1. The number of guanidine groups is 1. The number of pyridine rings is 1. The third-order valence-electron chi connectivity index (χ3n) is 6.71. The molecule has 0 aliphatic carbocycles. The van der Waals surface area contributed by atoms with Crippen LogP contribution < -0.4 is 10.2 Å². The fraction of sp³-hybridized carbons (Fsp3) is 0.609. The second-order valence-corrected chi connectivity index (χ2v) is 8.88. The topological polar surface area (TPSA) is 61.6 Å². The maximum absolute atomic E-state index is 4.72. The van der Waals surface area contributed by atoms with Crippen LogP contribution in [0.2, 0.25) is 0 Å². The number of piperidine rings is 2. The molecule has 0 amide bonds. The number of nitrogens with one attached hydrogen (secondary N) is 1. The maximum Gasteiger partial charge on any atom is 0.193 e. The molecule has 2 atom stereocenters. The Morgan fingerprint density at radius 3 is 2.67 bits per heavy atom. The van der Waals surface area contributed by atoms with Gasteiger partial charge in [0.1, 0.15) is 5.82 Å². The zero-order chi connectivity index (χ0) is 20.9. The lowest BCUT2D eigenvalue weighted by molar-refractivity contribution is 0.189. The van der Waals surface area contributed by atoms with E-state index in [9.17, 15) is 0 Å². The highest BCUT2D eigenvalue weighted by molar-refractivity contribution is 5.80. The summed E-state index contributed by atoms with van der Waals surface area (Å²) in [7, 11) is 1.87. The number of nitrogens with zero attached hydrogens (tertiary/aromatic N) is 6. The Bertz CT molecular complexity index is 807. The van der Waals surface area contributed by atoms with Crippen LogP contribution in [0.25, 0.3) is 0 Å². The van der Waals surface area contributed by atoms with E-state index >= 15 is 0 Å². The van der Waals surface area contributed by atoms with Crippen molar-refractivity contribution in [3.63, 3.8) is 0 Å². The van der Waals surface area contributed by atoms with Crippen molar-refractivity contribution >= 4 is 11.8 Å². The highest BCUT2D eigenvalue weighted by Gasteiger charge is 2.28. The molecule has 2 aliphatic heterocycles. The lowest BCUT2D eigenvalue weighted by atomic mass is 9.93. The predicted molar refractivity (Wildman–Crippen MR) is 122 cm³/mol. The molecule has 2 saturated heterocycles. The normalized spacial score (nSPS) is 23.6. The molecule has 2 fully saturated rings. The highest BCUT2D eigenvalue weighted by Crippen LogP contribution is 2.27. The van der Waals surface area contributed by atoms with Gasteiger partial charge in [-0.25, -0.2) is 9.97 Å². The van der Waals surface area contributed by atoms with Crippen LogP contribution in [0.4, 0.5) is 5.82 Å². The molecule has 0 saturated carbocycles. The van der Waals surface area contributed by atoms with Crippen LogP contribution in [-0.2, 0) is 6.54 Å². The van der Waals surface area contributed by atoms with Crippen molar-refractivity contribution < 1.29 is 0 Å². The Hall–Kier alpha value is -2.57. The number of hydrogen-bond acceptors (Lipinski definition) is 4. The standard InChI is InChI=1S/C23H35N7/c1-18-6-10-28(11-7-18)22-5-4-20(14-26-22)15-27-23(24-3)29-12-8-19(2)21(16-29)30-13-9-25-17-30/h4-5,9,13-14,17-19,21H,6-8,10-12,15-16H2,1-3H3,(H,24,27). The van der Waals surface area contributed by atoms with Gasteiger partial charge in [0.25, 0.3) is 0 Å². The molecular formula is C23H35N7. The van der Waals surface area contributed by atoms with Crippen molar-refractivity contribution in [2.24, 2.45) is 16.8 Å². The third kappa shape index (κ3) is 4.77. The molecule has 0 radical (unpaired) electrons. The van der Waals surface area contributed by atoms with E-state index in [0.717, 1.165) is 56.8 Å². The van der Waals surface area contributed by atoms with Gasteiger partial charge in [-0.1, -0.05) is 19.9 Å². The molecule has 1 N–H and O–H groups in total. The zero-order valence-corrected chi connectivity index (χ0v) is 18.5. The zero-order valence-electron chi connectivity index (χ0n) is 18.5. The van der Waals surface area contributed by atoms with Gasteiger partial charge in [0.2, 0.25) is 0 Å². The van der Waals surface area contributed by atoms with E-state index in [1.807, 2.05) is 25.8 Å². The van der Waals surface area contributed by atoms with Crippen molar-refractivity contribution in [2.75, 3.05) is 38.1 Å². The Kier molecular flexibility index (Phi) is 6.55. The molecule has 30 heavy (non-hydrogen) atoms. The fourth-order valence-corrected chi connectivity index (χ4v) is 4.55. The Morgan fingerprint density at radius 1 is 1.17 bits per heavy atom. The van der Waals surface area contributed by atoms with E-state index in [-0.39, 0.29) is 0 Å². The van der Waals surface area contributed by atoms with Crippen molar-refractivity contribution in [1.29, 1.82) is 0 Å². The van der Waals surface area contributed by atoms with Crippen LogP contribution in [0.3, 0.4) is 0 Å². The smallest absolute Gasteiger partial charge is 0.193 e. The number of hydrogen-bond donors (Lipinski definition) is 1. The second-order valence-electron chi connectivity index (χ2n) is 8.88. The minimum Gasteiger partial charge on any atom is -0.357 e. The van der Waals surface area contributed by atoms with Crippen molar-refractivity contribution in [3.05, 3.63) is 42.6 Å². The SMILES string of the molecule is CN=C(NCc1ccc(N2CCC(C)CC2)nc1)N1CCC(C)C(n2ccnc2)C1. The summed E-state index contributed by atoms with van der Waals surface area (Å²) in [5.74, 6) is 3.52. The molecule has 4 rings (SSSR count). The summed E-state index contributed by atoms with van der Waals surface area (Å²) in [6, 6.07) is 4.77. The van der Waals surface area contributed by atoms with Gasteiger partial charge in [-0.2, -0.15) is 0 Å². The molecule has 0 spiro atoms. The first kappa shape index (κ1) is 20.7. The molecule has 7 nitrogen and oxygen atoms in total. The highest BCUT2D eigenvalue weighted by atomic mass is 15.3. The predicted octanol–water partition coefficient (Wildman–Crippen LogP) is 3.17. The van der Waals surface area contributed by atoms with E-state index < -0.39 is 0 Å². The average Bonchev–Trinajstić information content (AvgIpc) is 3.31. The van der Waals surface area contributed by atoms with E-state index in [2.05, 4.69) is 61.8 Å². The Labute approximate surface area is 180 Å². The number of aliphatic imine (C=N–C) groups is 1. The van der Waals surface area contributed by atoms with E-state index in [1.54, 1.807) is 0 Å². The van der Waals surface area contributed by atoms with Crippen LogP contribution in [-0.4, -0.2) is 58.6 Å². The number of aromatic nitrogens is 3. The van der Waals surface area contributed by atoms with Gasteiger partial charge in [-0.15, -0.1) is 0 Å². The lowest BCUT2D eigenvalue weighted by Crippen LogP contribution is -2.48. The van der Waals surface area contributed by atoms with Crippen LogP contribution in [0, 0.1) is 11.8 Å². The minimum atomic E-state index is 0.424. The molecule has 0 aromatic carbocycles. The first-order valence-corrected chi connectivity index (χ1v) is 11.3. The van der Waals surface area contributed by atoms with Gasteiger partial charge in [0.05, 0.1) is 12.4 Å². The first-order valence-electron chi connectivity index (χ1n) is 11.3. The average molecular weight is 410 g/mol. The molecule has 2 unspecified atom stereocenters. The van der Waals surface area contributed by atoms with Gasteiger partial charge >= 0.3 is 0 Å². The molecule has 2 aromatic rings. The van der Waals surface area contributed by atoms with Crippen molar-refractivity contribution in [3.8, 4) is 0 Å². The summed E-state index contributed by atoms with van der Waals surface area (Å²) in [6.07, 6.45) is 11.5. The Balaban J connectivity index is 1.33. The number of imidazole rings is 1. The van der Waals surface area contributed by atoms with Gasteiger partial charge in [-0.05, 0) is 42.7 Å². The van der Waals surface area contributed by atoms with Crippen LogP contribution in [0.1, 0.15) is 44.7 Å². The van der Waals surface area contributed by atoms with Crippen LogP contribution in [0.5, 0.6) is 0 Å². The molecule has 7 heteroatoms. The monoisotopic (exact) mass is 409 g/mol. The van der Waals surface area contributed by atoms with Gasteiger partial charge in [0, 0.05) is 58.4 Å². The maximum atomic E-state index is 4.72. The molecule has 2 aromatic heterocycles. The summed E-state index contributed by atoms with van der Waals surface area (Å²) >= 11 is 0. The summed E-state index contributed by atoms with van der Waals surface area (Å²) < 4.78 is 2.23. The van der Waals surface area contributed by atoms with Gasteiger partial charge in [-0.3, -0.25) is 4.99 Å². The molecule has 0 bridgehead atoms. The van der Waals surface area contributed by atoms with Crippen molar-refractivity contribution in [2.45, 2.75) is 45.7 Å². The van der Waals surface area contributed by atoms with E-state index in [0.29, 0.717) is 12.0 Å². The third-order valence-corrected chi connectivity index (χ3v) is 6.71. The second kappa shape index (κ2) is 9.49. The van der Waals surface area contributed by atoms with Gasteiger partial charge < -0.3 is 19.7 Å². The van der Waals surface area contributed by atoms with Crippen molar-refractivity contribution in [1.82, 2.24) is 24.8 Å². The summed E-state index contributed by atoms with van der Waals surface area (Å²) in [6.45, 7) is 9.60. The molecule has 4 heterocycles. The van der Waals surface area contributed by atoms with E-state index in [1.165, 1.54) is 18.4 Å². The first-order chi connectivity index (χ1) is 14.6. The number of rotatable bonds is 4. The quantitative estimate of drug-likeness (QED) is 0.621. The molecular weight excluding hydrogens is 374 g/mol. The lowest BCUT2D eigenvalue weighted by Gasteiger charge is -2.39. The van der Waals surface area contributed by atoms with Crippen LogP contribution >= 0.6 is 0 Å². The van der Waals surface area contributed by atoms with E-state index in [4.69, 9.17) is 4.98 Å². The van der Waals surface area contributed by atoms with Crippen LogP contribution in [0.15, 0.2) is 42.0 Å². The largest absolute Gasteiger partial charge is 0.357 e. The fourth-order valence-electron chi connectivity index (χ4n) is 4.55. The summed E-state index contributed by atoms with van der Waals surface area (Å²) in [4.78, 5) is 18.3. The summed E-state index contributed by atoms with van der Waals surface area (Å²) in [5, 5.41) is 3.54. The minimum absolute atomic E-state index is 0.424. The number of likely N-dealkylation sites (tertiary alicyclic amines) is 1. The summed E-state index contributed by atoms with van der Waals surface area (Å²) in [5.41, 5.74) is 1.18. The molecule has 162 valence electrons. The Morgan fingerprint density at radius 2 is 2.00 bits per heavy atom. The van der Waals surface area contributed by atoms with Gasteiger partial charge in [0.15, 0.2) is 5.96 Å². The molecule has 2 aliphatic rings.